The highest BCUT2D eigenvalue weighted by atomic mass is 32.2. The van der Waals surface area contributed by atoms with Gasteiger partial charge in [-0.1, -0.05) is 19.1 Å². The van der Waals surface area contributed by atoms with Crippen molar-refractivity contribution in [2.45, 2.75) is 26.3 Å². The first-order valence-corrected chi connectivity index (χ1v) is 7.96. The molecule has 0 aliphatic carbocycles. The Kier molecular flexibility index (Phi) is 5.75. The first kappa shape index (κ1) is 15.1. The zero-order valence-corrected chi connectivity index (χ0v) is 11.6. The number of sulfone groups is 1. The molecule has 0 saturated heterocycles. The largest absolute Gasteiger partial charge is 0.309 e. The molecule has 0 radical (unpaired) electrons. The third kappa shape index (κ3) is 5.14. The van der Waals surface area contributed by atoms with Gasteiger partial charge in [0.15, 0.2) is 9.84 Å². The summed E-state index contributed by atoms with van der Waals surface area (Å²) in [6, 6.07) is 6.23. The van der Waals surface area contributed by atoms with E-state index in [0.717, 1.165) is 5.56 Å². The number of rotatable bonds is 7. The molecule has 0 amide bonds. The van der Waals surface area contributed by atoms with Crippen molar-refractivity contribution in [2.75, 3.05) is 18.1 Å². The molecular formula is C13H20FNO2S. The Hall–Kier alpha value is -0.940. The Morgan fingerprint density at radius 1 is 1.22 bits per heavy atom. The van der Waals surface area contributed by atoms with Gasteiger partial charge < -0.3 is 5.32 Å². The van der Waals surface area contributed by atoms with Gasteiger partial charge in [0.05, 0.1) is 5.75 Å². The summed E-state index contributed by atoms with van der Waals surface area (Å²) < 4.78 is 35.8. The van der Waals surface area contributed by atoms with Crippen LogP contribution in [0.5, 0.6) is 0 Å². The van der Waals surface area contributed by atoms with Gasteiger partial charge in [-0.15, -0.1) is 0 Å². The van der Waals surface area contributed by atoms with Gasteiger partial charge in [0.25, 0.3) is 0 Å². The van der Waals surface area contributed by atoms with Gasteiger partial charge in [-0.25, -0.2) is 12.8 Å². The van der Waals surface area contributed by atoms with E-state index in [1.165, 1.54) is 12.1 Å². The molecule has 18 heavy (non-hydrogen) atoms. The monoisotopic (exact) mass is 273 g/mol. The van der Waals surface area contributed by atoms with Crippen molar-refractivity contribution in [1.29, 1.82) is 0 Å². The maximum absolute atomic E-state index is 12.7. The lowest BCUT2D eigenvalue weighted by Crippen LogP contribution is -2.26. The molecule has 5 heteroatoms. The van der Waals surface area contributed by atoms with Crippen LogP contribution in [0, 0.1) is 5.82 Å². The van der Waals surface area contributed by atoms with Crippen molar-refractivity contribution in [3.8, 4) is 0 Å². The van der Waals surface area contributed by atoms with Crippen LogP contribution in [0.2, 0.25) is 0 Å². The minimum Gasteiger partial charge on any atom is -0.309 e. The molecule has 102 valence electrons. The summed E-state index contributed by atoms with van der Waals surface area (Å²) in [6.45, 7) is 4.20. The predicted molar refractivity (Wildman–Crippen MR) is 71.8 cm³/mol. The van der Waals surface area contributed by atoms with Crippen LogP contribution in [0.3, 0.4) is 0 Å². The quantitative estimate of drug-likeness (QED) is 0.829. The molecule has 0 unspecified atom stereocenters. The summed E-state index contributed by atoms with van der Waals surface area (Å²) in [7, 11) is -2.94. The minimum absolute atomic E-state index is 0.0161. The molecule has 0 saturated carbocycles. The van der Waals surface area contributed by atoms with Crippen LogP contribution in [0.4, 0.5) is 4.39 Å². The molecule has 3 nitrogen and oxygen atoms in total. The number of benzene rings is 1. The van der Waals surface area contributed by atoms with Crippen LogP contribution in [-0.2, 0) is 9.84 Å². The number of hydrogen-bond acceptors (Lipinski definition) is 3. The van der Waals surface area contributed by atoms with Crippen molar-refractivity contribution < 1.29 is 12.8 Å². The van der Waals surface area contributed by atoms with E-state index in [2.05, 4.69) is 5.32 Å². The van der Waals surface area contributed by atoms with E-state index in [1.54, 1.807) is 12.1 Å². The molecule has 0 spiro atoms. The Bertz CT molecular complexity index is 456. The minimum atomic E-state index is -2.94. The molecule has 1 atom stereocenters. The van der Waals surface area contributed by atoms with Crippen molar-refractivity contribution in [3.63, 3.8) is 0 Å². The van der Waals surface area contributed by atoms with E-state index in [1.807, 2.05) is 13.8 Å². The van der Waals surface area contributed by atoms with Crippen molar-refractivity contribution in [3.05, 3.63) is 35.6 Å². The highest BCUT2D eigenvalue weighted by Crippen LogP contribution is 2.12. The second kappa shape index (κ2) is 6.85. The Morgan fingerprint density at radius 3 is 2.39 bits per heavy atom. The first-order chi connectivity index (χ1) is 8.44. The average molecular weight is 273 g/mol. The molecule has 0 aliphatic heterocycles. The third-order valence-electron chi connectivity index (χ3n) is 2.75. The summed E-state index contributed by atoms with van der Waals surface area (Å²) in [4.78, 5) is 0. The van der Waals surface area contributed by atoms with Crippen molar-refractivity contribution in [1.82, 2.24) is 5.32 Å². The smallest absolute Gasteiger partial charge is 0.151 e. The van der Waals surface area contributed by atoms with Crippen LogP contribution >= 0.6 is 0 Å². The molecule has 1 aromatic carbocycles. The first-order valence-electron chi connectivity index (χ1n) is 6.14. The van der Waals surface area contributed by atoms with Gasteiger partial charge in [0, 0.05) is 18.3 Å². The molecule has 0 aliphatic rings. The van der Waals surface area contributed by atoms with Gasteiger partial charge >= 0.3 is 0 Å². The average Bonchev–Trinajstić information content (AvgIpc) is 2.29. The van der Waals surface area contributed by atoms with Gasteiger partial charge in [-0.2, -0.15) is 0 Å². The van der Waals surface area contributed by atoms with Crippen molar-refractivity contribution in [2.24, 2.45) is 0 Å². The maximum Gasteiger partial charge on any atom is 0.151 e. The highest BCUT2D eigenvalue weighted by Gasteiger charge is 2.10. The molecule has 0 aromatic heterocycles. The molecule has 1 N–H and O–H groups in total. The van der Waals surface area contributed by atoms with Crippen LogP contribution in [0.15, 0.2) is 24.3 Å². The normalized spacial score (nSPS) is 13.5. The fourth-order valence-electron chi connectivity index (χ4n) is 1.71. The lowest BCUT2D eigenvalue weighted by Gasteiger charge is -2.14. The zero-order chi connectivity index (χ0) is 13.6. The summed E-state index contributed by atoms with van der Waals surface area (Å²) >= 11 is 0. The summed E-state index contributed by atoms with van der Waals surface area (Å²) in [5.74, 6) is 0.114. The van der Waals surface area contributed by atoms with Gasteiger partial charge in [-0.3, -0.25) is 0 Å². The lowest BCUT2D eigenvalue weighted by molar-refractivity contribution is 0.570. The van der Waals surface area contributed by atoms with E-state index in [-0.39, 0.29) is 23.4 Å². The van der Waals surface area contributed by atoms with Gasteiger partial charge in [0.2, 0.25) is 0 Å². The van der Waals surface area contributed by atoms with Crippen molar-refractivity contribution >= 4 is 9.84 Å². The van der Waals surface area contributed by atoms with E-state index in [0.29, 0.717) is 13.0 Å². The van der Waals surface area contributed by atoms with E-state index >= 15 is 0 Å². The predicted octanol–water partition coefficient (Wildman–Crippen LogP) is 2.30. The highest BCUT2D eigenvalue weighted by molar-refractivity contribution is 7.91. The van der Waals surface area contributed by atoms with Crippen LogP contribution < -0.4 is 5.32 Å². The van der Waals surface area contributed by atoms with Gasteiger partial charge in [0.1, 0.15) is 5.82 Å². The molecule has 1 rings (SSSR count). The Labute approximate surface area is 108 Å². The molecule has 1 aromatic rings. The summed E-state index contributed by atoms with van der Waals surface area (Å²) in [5.41, 5.74) is 0.948. The standard InChI is InChI=1S/C13H20FNO2S/c1-3-9-18(16,17)10-8-15-11(2)12-4-6-13(14)7-5-12/h4-7,11,15H,3,8-10H2,1-2H3/t11-/m1/s1. The zero-order valence-electron chi connectivity index (χ0n) is 10.8. The van der Waals surface area contributed by atoms with E-state index in [9.17, 15) is 12.8 Å². The second-order valence-corrected chi connectivity index (χ2v) is 6.68. The Balaban J connectivity index is 2.42. The van der Waals surface area contributed by atoms with E-state index in [4.69, 9.17) is 0 Å². The molecule has 0 heterocycles. The number of hydrogen-bond donors (Lipinski definition) is 1. The summed E-state index contributed by atoms with van der Waals surface area (Å²) in [5, 5.41) is 3.13. The van der Waals surface area contributed by atoms with Crippen LogP contribution in [0.25, 0.3) is 0 Å². The number of nitrogens with one attached hydrogen (secondary N) is 1. The molecule has 0 bridgehead atoms. The lowest BCUT2D eigenvalue weighted by atomic mass is 10.1. The SMILES string of the molecule is CCCS(=O)(=O)CCN[C@H](C)c1ccc(F)cc1. The molecule has 0 fully saturated rings. The van der Waals surface area contributed by atoms with Crippen LogP contribution in [-0.4, -0.2) is 26.5 Å². The van der Waals surface area contributed by atoms with E-state index < -0.39 is 9.84 Å². The summed E-state index contributed by atoms with van der Waals surface area (Å²) in [6.07, 6.45) is 0.649. The third-order valence-corrected chi connectivity index (χ3v) is 4.61. The fourth-order valence-corrected chi connectivity index (χ4v) is 2.97. The molecular weight excluding hydrogens is 253 g/mol. The fraction of sp³-hybridized carbons (Fsp3) is 0.538. The topological polar surface area (TPSA) is 46.2 Å². The van der Waals surface area contributed by atoms with Gasteiger partial charge in [-0.05, 0) is 31.0 Å². The maximum atomic E-state index is 12.7. The Morgan fingerprint density at radius 2 is 1.83 bits per heavy atom. The second-order valence-electron chi connectivity index (χ2n) is 4.38. The van der Waals surface area contributed by atoms with Crippen LogP contribution in [0.1, 0.15) is 31.9 Å². The number of halogens is 1.